The summed E-state index contributed by atoms with van der Waals surface area (Å²) < 4.78 is 20.5. The first kappa shape index (κ1) is 23.4. The van der Waals surface area contributed by atoms with Gasteiger partial charge >= 0.3 is 0 Å². The number of fused-ring (bicyclic) bond motifs is 1. The number of likely N-dealkylation sites (tertiary alicyclic amines) is 1. The number of amides is 1. The van der Waals surface area contributed by atoms with Crippen LogP contribution in [0.15, 0.2) is 73.8 Å². The maximum atomic E-state index is 14.3. The third-order valence-electron chi connectivity index (χ3n) is 6.01. The summed E-state index contributed by atoms with van der Waals surface area (Å²) in [5.74, 6) is 0.364. The number of rotatable bonds is 7. The Bertz CT molecular complexity index is 1440. The Kier molecular flexibility index (Phi) is 6.55. The maximum absolute atomic E-state index is 14.3. The van der Waals surface area contributed by atoms with Crippen molar-refractivity contribution in [1.29, 1.82) is 0 Å². The van der Waals surface area contributed by atoms with Gasteiger partial charge in [-0.15, -0.1) is 0 Å². The molecule has 0 spiro atoms. The Hall–Kier alpha value is -4.37. The second-order valence-corrected chi connectivity index (χ2v) is 8.64. The molecular weight excluding hydrogens is 459 g/mol. The van der Waals surface area contributed by atoms with Crippen LogP contribution in [-0.4, -0.2) is 52.0 Å². The average molecular weight is 485 g/mol. The van der Waals surface area contributed by atoms with E-state index in [0.29, 0.717) is 45.0 Å². The molecule has 36 heavy (non-hydrogen) atoms. The Morgan fingerprint density at radius 1 is 1.22 bits per heavy atom. The first-order chi connectivity index (χ1) is 17.5. The Morgan fingerprint density at radius 3 is 2.86 bits per heavy atom. The van der Waals surface area contributed by atoms with Crippen molar-refractivity contribution in [3.05, 3.63) is 79.7 Å². The Labute approximate surface area is 207 Å². The minimum atomic E-state index is -0.351. The van der Waals surface area contributed by atoms with Crippen molar-refractivity contribution in [1.82, 2.24) is 19.9 Å². The molecule has 0 bridgehead atoms. The van der Waals surface area contributed by atoms with E-state index in [1.165, 1.54) is 18.5 Å². The molecule has 4 aromatic rings. The van der Waals surface area contributed by atoms with Crippen LogP contribution in [0, 0.1) is 5.82 Å². The van der Waals surface area contributed by atoms with E-state index in [1.54, 1.807) is 48.8 Å². The van der Waals surface area contributed by atoms with Gasteiger partial charge in [0.15, 0.2) is 0 Å². The average Bonchev–Trinajstić information content (AvgIpc) is 3.29. The van der Waals surface area contributed by atoms with Crippen molar-refractivity contribution in [2.45, 2.75) is 12.5 Å². The number of pyridine rings is 1. The van der Waals surface area contributed by atoms with Crippen molar-refractivity contribution in [3.63, 3.8) is 0 Å². The van der Waals surface area contributed by atoms with Crippen LogP contribution in [-0.2, 0) is 4.79 Å². The first-order valence-electron chi connectivity index (χ1n) is 11.5. The number of aromatic nitrogens is 3. The van der Waals surface area contributed by atoms with Crippen molar-refractivity contribution in [2.75, 3.05) is 30.8 Å². The first-order valence-corrected chi connectivity index (χ1v) is 11.5. The van der Waals surface area contributed by atoms with Crippen LogP contribution in [0.3, 0.4) is 0 Å². The minimum Gasteiger partial charge on any atom is -0.487 e. The van der Waals surface area contributed by atoms with Gasteiger partial charge in [0.25, 0.3) is 0 Å². The van der Waals surface area contributed by atoms with E-state index in [2.05, 4.69) is 37.1 Å². The highest BCUT2D eigenvalue weighted by Gasteiger charge is 2.23. The molecule has 1 aliphatic rings. The third kappa shape index (κ3) is 5.01. The molecule has 2 aromatic carbocycles. The molecule has 2 N–H and O–H groups in total. The Morgan fingerprint density at radius 2 is 2.08 bits per heavy atom. The zero-order chi connectivity index (χ0) is 25.1. The molecule has 3 heterocycles. The van der Waals surface area contributed by atoms with Crippen LogP contribution in [0.1, 0.15) is 6.42 Å². The third-order valence-corrected chi connectivity index (χ3v) is 6.01. The van der Waals surface area contributed by atoms with Crippen molar-refractivity contribution in [2.24, 2.45) is 0 Å². The fourth-order valence-electron chi connectivity index (χ4n) is 4.22. The van der Waals surface area contributed by atoms with Crippen LogP contribution in [0.5, 0.6) is 5.75 Å². The van der Waals surface area contributed by atoms with Gasteiger partial charge < -0.3 is 20.3 Å². The summed E-state index contributed by atoms with van der Waals surface area (Å²) in [6.07, 6.45) is 6.80. The van der Waals surface area contributed by atoms with Gasteiger partial charge in [0.2, 0.25) is 5.91 Å². The van der Waals surface area contributed by atoms with Gasteiger partial charge in [-0.3, -0.25) is 9.78 Å². The maximum Gasteiger partial charge on any atom is 0.247 e. The molecule has 1 aliphatic heterocycles. The zero-order valence-electron chi connectivity index (χ0n) is 19.7. The number of ether oxygens (including phenoxy) is 1. The number of hydrogen-bond acceptors (Lipinski definition) is 7. The molecule has 1 amide bonds. The zero-order valence-corrected chi connectivity index (χ0v) is 19.7. The number of carbonyl (C=O) groups excluding carboxylic acids is 1. The molecule has 0 saturated carbocycles. The predicted molar refractivity (Wildman–Crippen MR) is 138 cm³/mol. The van der Waals surface area contributed by atoms with E-state index in [1.807, 2.05) is 7.05 Å². The van der Waals surface area contributed by atoms with Crippen molar-refractivity contribution >= 4 is 34.0 Å². The molecule has 0 aliphatic carbocycles. The number of benzene rings is 2. The number of halogens is 1. The number of likely N-dealkylation sites (N-methyl/N-ethyl adjacent to an activating group) is 1. The largest absolute Gasteiger partial charge is 0.487 e. The van der Waals surface area contributed by atoms with Gasteiger partial charge in [0.05, 0.1) is 23.1 Å². The van der Waals surface area contributed by atoms with Crippen molar-refractivity contribution < 1.29 is 13.9 Å². The highest BCUT2D eigenvalue weighted by molar-refractivity contribution is 6.03. The number of anilines is 3. The highest BCUT2D eigenvalue weighted by Crippen LogP contribution is 2.35. The lowest BCUT2D eigenvalue weighted by Gasteiger charge is -2.18. The van der Waals surface area contributed by atoms with Gasteiger partial charge in [-0.1, -0.05) is 24.8 Å². The molecule has 8 nitrogen and oxygen atoms in total. The van der Waals surface area contributed by atoms with E-state index in [0.717, 1.165) is 19.5 Å². The number of nitrogens with one attached hydrogen (secondary N) is 2. The molecular formula is C27H25FN6O2. The fraction of sp³-hybridized carbons (Fsp3) is 0.185. The molecule has 1 unspecified atom stereocenters. The van der Waals surface area contributed by atoms with Crippen LogP contribution in [0.2, 0.25) is 0 Å². The minimum absolute atomic E-state index is 0.0125. The van der Waals surface area contributed by atoms with Crippen molar-refractivity contribution in [3.8, 4) is 16.9 Å². The second-order valence-electron chi connectivity index (χ2n) is 8.64. The molecule has 1 saturated heterocycles. The summed E-state index contributed by atoms with van der Waals surface area (Å²) in [4.78, 5) is 27.4. The predicted octanol–water partition coefficient (Wildman–Crippen LogP) is 4.78. The summed E-state index contributed by atoms with van der Waals surface area (Å²) in [5.41, 5.74) is 2.85. The number of nitrogens with zero attached hydrogens (tertiary/aromatic N) is 4. The van der Waals surface area contributed by atoms with Crippen LogP contribution in [0.4, 0.5) is 21.6 Å². The van der Waals surface area contributed by atoms with Crippen LogP contribution < -0.4 is 15.4 Å². The summed E-state index contributed by atoms with van der Waals surface area (Å²) in [6, 6.07) is 11.9. The van der Waals surface area contributed by atoms with Crippen LogP contribution in [0.25, 0.3) is 22.0 Å². The molecule has 0 radical (unpaired) electrons. The lowest BCUT2D eigenvalue weighted by Crippen LogP contribution is -2.22. The van der Waals surface area contributed by atoms with E-state index in [9.17, 15) is 9.18 Å². The van der Waals surface area contributed by atoms with E-state index >= 15 is 0 Å². The van der Waals surface area contributed by atoms with Gasteiger partial charge in [0, 0.05) is 41.9 Å². The standard InChI is InChI=1S/C27H25FN6O2/c1-3-26(35)33-24-11-21-23(12-25(24)36-19-8-9-34(2)15-19)30-16-31-27(21)32-18-10-17(13-29-14-18)20-6-4-5-7-22(20)28/h3-7,10-14,16,19H,1,8-9,15H2,2H3,(H,33,35)(H,30,31,32). The van der Waals surface area contributed by atoms with Gasteiger partial charge in [-0.25, -0.2) is 14.4 Å². The lowest BCUT2D eigenvalue weighted by atomic mass is 10.1. The molecule has 5 rings (SSSR count). The van der Waals surface area contributed by atoms with Crippen LogP contribution >= 0.6 is 0 Å². The number of carbonyl (C=O) groups is 1. The fourth-order valence-corrected chi connectivity index (χ4v) is 4.22. The SMILES string of the molecule is C=CC(=O)Nc1cc2c(Nc3cncc(-c4ccccc4F)c3)ncnc2cc1OC1CCN(C)C1. The second kappa shape index (κ2) is 10.1. The Balaban J connectivity index is 1.51. The smallest absolute Gasteiger partial charge is 0.247 e. The molecule has 1 atom stereocenters. The van der Waals surface area contributed by atoms with Gasteiger partial charge in [-0.05, 0) is 37.7 Å². The quantitative estimate of drug-likeness (QED) is 0.365. The normalized spacial score (nSPS) is 15.6. The highest BCUT2D eigenvalue weighted by atomic mass is 19.1. The molecule has 9 heteroatoms. The summed E-state index contributed by atoms with van der Waals surface area (Å²) in [7, 11) is 2.05. The summed E-state index contributed by atoms with van der Waals surface area (Å²) in [6.45, 7) is 5.29. The van der Waals surface area contributed by atoms with Gasteiger partial charge in [-0.2, -0.15) is 0 Å². The van der Waals surface area contributed by atoms with E-state index < -0.39 is 0 Å². The molecule has 182 valence electrons. The topological polar surface area (TPSA) is 92.3 Å². The monoisotopic (exact) mass is 484 g/mol. The van der Waals surface area contributed by atoms with E-state index in [-0.39, 0.29) is 17.8 Å². The molecule has 1 fully saturated rings. The molecule has 2 aromatic heterocycles. The summed E-state index contributed by atoms with van der Waals surface area (Å²) in [5, 5.41) is 6.76. The summed E-state index contributed by atoms with van der Waals surface area (Å²) >= 11 is 0. The number of hydrogen-bond donors (Lipinski definition) is 2. The van der Waals surface area contributed by atoms with E-state index in [4.69, 9.17) is 4.74 Å². The lowest BCUT2D eigenvalue weighted by molar-refractivity contribution is -0.111. The van der Waals surface area contributed by atoms with Gasteiger partial charge in [0.1, 0.15) is 29.8 Å².